The third-order valence-corrected chi connectivity index (χ3v) is 4.82. The number of hydrogen-bond donors (Lipinski definition) is 0. The number of pyridine rings is 1. The Kier molecular flexibility index (Phi) is 4.86. The highest BCUT2D eigenvalue weighted by Gasteiger charge is 2.21. The van der Waals surface area contributed by atoms with Crippen molar-refractivity contribution in [2.75, 3.05) is 11.4 Å². The van der Waals surface area contributed by atoms with Gasteiger partial charge < -0.3 is 4.90 Å². The number of nitrogens with zero attached hydrogens (tertiary/aromatic N) is 5. The van der Waals surface area contributed by atoms with E-state index in [-0.39, 0.29) is 5.02 Å². The summed E-state index contributed by atoms with van der Waals surface area (Å²) in [6.07, 6.45) is 8.35. The van der Waals surface area contributed by atoms with Gasteiger partial charge in [0, 0.05) is 17.1 Å². The molecule has 1 aliphatic heterocycles. The van der Waals surface area contributed by atoms with Gasteiger partial charge in [0.15, 0.2) is 5.82 Å². The van der Waals surface area contributed by atoms with E-state index in [4.69, 9.17) is 34.8 Å². The van der Waals surface area contributed by atoms with Crippen molar-refractivity contribution in [2.45, 2.75) is 0 Å². The summed E-state index contributed by atoms with van der Waals surface area (Å²) in [5.74, 6) is 0.00970. The fraction of sp³-hybridized carbons (Fsp3) is 0.0556. The normalized spacial score (nSPS) is 14.1. The Morgan fingerprint density at radius 3 is 2.48 bits per heavy atom. The lowest BCUT2D eigenvalue weighted by Crippen LogP contribution is -2.24. The summed E-state index contributed by atoms with van der Waals surface area (Å²) >= 11 is 18.8. The molecule has 1 aromatic carbocycles. The van der Waals surface area contributed by atoms with E-state index in [0.717, 1.165) is 11.4 Å². The molecular weight excluding hydrogens is 412 g/mol. The maximum Gasteiger partial charge on any atom is 0.193 e. The molecule has 0 unspecified atom stereocenters. The van der Waals surface area contributed by atoms with Gasteiger partial charge in [-0.1, -0.05) is 34.8 Å². The Balaban J connectivity index is 1.76. The first-order valence-corrected chi connectivity index (χ1v) is 8.99. The predicted octanol–water partition coefficient (Wildman–Crippen LogP) is 5.09. The molecule has 0 radical (unpaired) electrons. The number of benzene rings is 1. The molecule has 0 bridgehead atoms. The van der Waals surface area contributed by atoms with Gasteiger partial charge in [-0.15, -0.1) is 4.80 Å². The van der Waals surface area contributed by atoms with Crippen LogP contribution in [0.2, 0.25) is 10.0 Å². The zero-order chi connectivity index (χ0) is 19.0. The summed E-state index contributed by atoms with van der Waals surface area (Å²) in [7, 11) is 0. The topological polar surface area (TPSA) is 46.8 Å². The number of aromatic nitrogens is 4. The van der Waals surface area contributed by atoms with Gasteiger partial charge in [-0.2, -0.15) is 10.2 Å². The molecule has 4 rings (SSSR count). The van der Waals surface area contributed by atoms with Gasteiger partial charge in [0.2, 0.25) is 0 Å². The minimum absolute atomic E-state index is 0.286. The minimum atomic E-state index is -0.408. The van der Waals surface area contributed by atoms with Gasteiger partial charge in [-0.05, 0) is 36.4 Å². The lowest BCUT2D eigenvalue weighted by molar-refractivity contribution is 0.627. The maximum absolute atomic E-state index is 13.4. The van der Waals surface area contributed by atoms with Crippen LogP contribution in [0.25, 0.3) is 11.5 Å². The second kappa shape index (κ2) is 7.31. The molecule has 27 heavy (non-hydrogen) atoms. The van der Waals surface area contributed by atoms with Crippen LogP contribution >= 0.6 is 34.8 Å². The molecule has 136 valence electrons. The highest BCUT2D eigenvalue weighted by Crippen LogP contribution is 2.36. The highest BCUT2D eigenvalue weighted by atomic mass is 35.5. The van der Waals surface area contributed by atoms with Gasteiger partial charge >= 0.3 is 0 Å². The molecule has 5 nitrogen and oxygen atoms in total. The van der Waals surface area contributed by atoms with Gasteiger partial charge in [0.05, 0.1) is 40.0 Å². The molecule has 3 heterocycles. The van der Waals surface area contributed by atoms with E-state index in [1.54, 1.807) is 36.8 Å². The lowest BCUT2D eigenvalue weighted by Gasteiger charge is -2.30. The standard InChI is InChI=1S/C18H11Cl3FN5/c19-11-3-6-26(17(7-11)14-2-1-12(22)8-15(14)20)13-9-16(21)18(23-10-13)27-24-4-5-25-27/h1-5,7-10H,6H2. The van der Waals surface area contributed by atoms with Crippen LogP contribution in [-0.4, -0.2) is 26.5 Å². The molecule has 0 fully saturated rings. The Labute approximate surface area is 169 Å². The molecule has 0 amide bonds. The first kappa shape index (κ1) is 18.0. The molecule has 3 aromatic rings. The molecule has 2 aromatic heterocycles. The number of halogens is 4. The van der Waals surface area contributed by atoms with Gasteiger partial charge in [0.1, 0.15) is 5.82 Å². The van der Waals surface area contributed by atoms with Crippen LogP contribution in [0.4, 0.5) is 10.1 Å². The van der Waals surface area contributed by atoms with Crippen LogP contribution in [-0.2, 0) is 0 Å². The Morgan fingerprint density at radius 2 is 1.78 bits per heavy atom. The summed E-state index contributed by atoms with van der Waals surface area (Å²) in [6, 6.07) is 5.98. The summed E-state index contributed by atoms with van der Waals surface area (Å²) in [4.78, 5) is 7.64. The number of anilines is 1. The Bertz CT molecular complexity index is 1060. The fourth-order valence-corrected chi connectivity index (χ4v) is 3.42. The zero-order valence-corrected chi connectivity index (χ0v) is 15.9. The number of hydrogen-bond acceptors (Lipinski definition) is 4. The van der Waals surface area contributed by atoms with Crippen LogP contribution in [0, 0.1) is 5.82 Å². The lowest BCUT2D eigenvalue weighted by atomic mass is 10.1. The van der Waals surface area contributed by atoms with Crippen LogP contribution < -0.4 is 4.90 Å². The van der Waals surface area contributed by atoms with E-state index in [9.17, 15) is 4.39 Å². The minimum Gasteiger partial charge on any atom is -0.336 e. The molecular formula is C18H11Cl3FN5. The second-order valence-electron chi connectivity index (χ2n) is 5.67. The van der Waals surface area contributed by atoms with Gasteiger partial charge in [-0.3, -0.25) is 0 Å². The number of allylic oxidation sites excluding steroid dienone is 2. The van der Waals surface area contributed by atoms with Crippen molar-refractivity contribution in [3.8, 4) is 5.82 Å². The van der Waals surface area contributed by atoms with E-state index >= 15 is 0 Å². The smallest absolute Gasteiger partial charge is 0.193 e. The SMILES string of the molecule is Fc1ccc(C2=CC(Cl)=CCN2c2cnc(-n3nccn3)c(Cl)c2)c(Cl)c1. The molecule has 0 N–H and O–H groups in total. The molecule has 0 saturated heterocycles. The van der Waals surface area contributed by atoms with E-state index in [1.165, 1.54) is 16.9 Å². The molecule has 0 spiro atoms. The molecule has 1 aliphatic rings. The highest BCUT2D eigenvalue weighted by molar-refractivity contribution is 6.34. The third kappa shape index (κ3) is 3.56. The fourth-order valence-electron chi connectivity index (χ4n) is 2.75. The maximum atomic E-state index is 13.4. The van der Waals surface area contributed by atoms with Crippen molar-refractivity contribution in [3.05, 3.63) is 81.5 Å². The van der Waals surface area contributed by atoms with Crippen molar-refractivity contribution in [2.24, 2.45) is 0 Å². The Hall–Kier alpha value is -2.41. The largest absolute Gasteiger partial charge is 0.336 e. The zero-order valence-electron chi connectivity index (χ0n) is 13.7. The average molecular weight is 423 g/mol. The Morgan fingerprint density at radius 1 is 1.00 bits per heavy atom. The van der Waals surface area contributed by atoms with Gasteiger partial charge in [-0.25, -0.2) is 9.37 Å². The average Bonchev–Trinajstić information content (AvgIpc) is 3.16. The van der Waals surface area contributed by atoms with Crippen molar-refractivity contribution in [1.82, 2.24) is 20.0 Å². The summed E-state index contributed by atoms with van der Waals surface area (Å²) in [5.41, 5.74) is 2.09. The van der Waals surface area contributed by atoms with Crippen molar-refractivity contribution in [1.29, 1.82) is 0 Å². The molecule has 9 heteroatoms. The van der Waals surface area contributed by atoms with Crippen LogP contribution in [0.5, 0.6) is 0 Å². The van der Waals surface area contributed by atoms with Crippen molar-refractivity contribution in [3.63, 3.8) is 0 Å². The third-order valence-electron chi connectivity index (χ3n) is 3.97. The van der Waals surface area contributed by atoms with Crippen LogP contribution in [0.15, 0.2) is 60.0 Å². The second-order valence-corrected chi connectivity index (χ2v) is 6.92. The number of rotatable bonds is 3. The van der Waals surface area contributed by atoms with E-state index in [2.05, 4.69) is 15.2 Å². The first-order valence-electron chi connectivity index (χ1n) is 7.85. The van der Waals surface area contributed by atoms with E-state index in [1.807, 2.05) is 11.0 Å². The molecule has 0 saturated carbocycles. The van der Waals surface area contributed by atoms with Crippen LogP contribution in [0.1, 0.15) is 5.56 Å². The van der Waals surface area contributed by atoms with Crippen molar-refractivity contribution < 1.29 is 4.39 Å². The summed E-state index contributed by atoms with van der Waals surface area (Å²) in [6.45, 7) is 0.482. The van der Waals surface area contributed by atoms with E-state index < -0.39 is 5.82 Å². The summed E-state index contributed by atoms with van der Waals surface area (Å²) < 4.78 is 13.4. The predicted molar refractivity (Wildman–Crippen MR) is 105 cm³/mol. The monoisotopic (exact) mass is 421 g/mol. The van der Waals surface area contributed by atoms with Crippen LogP contribution in [0.3, 0.4) is 0 Å². The quantitative estimate of drug-likeness (QED) is 0.590. The van der Waals surface area contributed by atoms with Gasteiger partial charge in [0.25, 0.3) is 0 Å². The van der Waals surface area contributed by atoms with E-state index in [0.29, 0.717) is 28.0 Å². The first-order chi connectivity index (χ1) is 13.0. The molecule has 0 atom stereocenters. The molecule has 0 aliphatic carbocycles. The summed E-state index contributed by atoms with van der Waals surface area (Å²) in [5, 5.41) is 9.31. The van der Waals surface area contributed by atoms with Crippen molar-refractivity contribution >= 4 is 46.2 Å².